The van der Waals surface area contributed by atoms with E-state index >= 15 is 0 Å². The largest absolute Gasteiger partial charge is 0.483 e. The molecule has 15 heteroatoms. The first-order valence-electron chi connectivity index (χ1n) is 7.09. The van der Waals surface area contributed by atoms with Crippen molar-refractivity contribution in [2.24, 2.45) is 11.5 Å². The maximum absolute atomic E-state index is 12.5. The van der Waals surface area contributed by atoms with Gasteiger partial charge in [-0.05, 0) is 13.8 Å². The van der Waals surface area contributed by atoms with Crippen LogP contribution in [0.3, 0.4) is 0 Å². The van der Waals surface area contributed by atoms with Gasteiger partial charge in [-0.25, -0.2) is 9.13 Å². The summed E-state index contributed by atoms with van der Waals surface area (Å²) in [6, 6.07) is 0. The van der Waals surface area contributed by atoms with Gasteiger partial charge in [0.15, 0.2) is 10.3 Å². The van der Waals surface area contributed by atoms with Crippen molar-refractivity contribution in [1.29, 1.82) is 10.8 Å². The van der Waals surface area contributed by atoms with Crippen LogP contribution in [0.4, 0.5) is 0 Å². The smallest absolute Gasteiger partial charge is 0.379 e. The average molecular weight is 438 g/mol. The first-order valence-corrected chi connectivity index (χ1v) is 12.0. The average Bonchev–Trinajstić information content (AvgIpc) is 2.48. The van der Waals surface area contributed by atoms with Crippen molar-refractivity contribution in [3.8, 4) is 0 Å². The molecular weight excluding hydrogens is 414 g/mol. The minimum absolute atomic E-state index is 0.0244. The van der Waals surface area contributed by atoms with E-state index in [1.807, 2.05) is 0 Å². The number of hydrogen-bond donors (Lipinski definition) is 4. The molecule has 0 heterocycles. The fourth-order valence-corrected chi connectivity index (χ4v) is 5.37. The van der Waals surface area contributed by atoms with Crippen LogP contribution in [-0.4, -0.2) is 48.3 Å². The number of nitrogens with two attached hydrogens (primary N) is 2. The molecule has 2 unspecified atom stereocenters. The predicted molar refractivity (Wildman–Crippen MR) is 100 cm³/mol. The van der Waals surface area contributed by atoms with Gasteiger partial charge in [-0.15, -0.1) is 0 Å². The molecule has 0 saturated carbocycles. The lowest BCUT2D eigenvalue weighted by Gasteiger charge is -2.22. The number of amidine groups is 2. The SMILES string of the molecule is CCOP(=O)(OCCSC(=N)N)OP(=O)(OCC)OCCSC(=N)N. The number of nitrogens with one attached hydrogen (secondary N) is 2. The highest BCUT2D eigenvalue weighted by Crippen LogP contribution is 2.65. The second kappa shape index (κ2) is 13.1. The van der Waals surface area contributed by atoms with Gasteiger partial charge in [0.2, 0.25) is 0 Å². The van der Waals surface area contributed by atoms with Crippen LogP contribution < -0.4 is 11.5 Å². The predicted octanol–water partition coefficient (Wildman–Crippen LogP) is 2.58. The van der Waals surface area contributed by atoms with E-state index in [4.69, 9.17) is 44.7 Å². The zero-order chi connectivity index (χ0) is 19.3. The van der Waals surface area contributed by atoms with Crippen molar-refractivity contribution in [1.82, 2.24) is 0 Å². The summed E-state index contributed by atoms with van der Waals surface area (Å²) < 4.78 is 50.0. The molecule has 0 aliphatic heterocycles. The van der Waals surface area contributed by atoms with Crippen LogP contribution in [0, 0.1) is 10.8 Å². The molecule has 11 nitrogen and oxygen atoms in total. The highest BCUT2D eigenvalue weighted by Gasteiger charge is 2.40. The quantitative estimate of drug-likeness (QED) is 0.135. The summed E-state index contributed by atoms with van der Waals surface area (Å²) in [6.45, 7) is 2.83. The molecule has 2 atom stereocenters. The van der Waals surface area contributed by atoms with Gasteiger partial charge in [-0.3, -0.25) is 28.9 Å². The van der Waals surface area contributed by atoms with Gasteiger partial charge in [0.25, 0.3) is 0 Å². The molecular formula is C10H24N4O7P2S2. The van der Waals surface area contributed by atoms with E-state index in [1.54, 1.807) is 13.8 Å². The molecule has 0 aromatic heterocycles. The zero-order valence-electron chi connectivity index (χ0n) is 14.0. The van der Waals surface area contributed by atoms with E-state index in [-0.39, 0.29) is 48.3 Å². The molecule has 0 aromatic rings. The third-order valence-electron chi connectivity index (χ3n) is 1.96. The highest BCUT2D eigenvalue weighted by molar-refractivity contribution is 8.13. The zero-order valence-corrected chi connectivity index (χ0v) is 17.4. The molecule has 0 aromatic carbocycles. The fourth-order valence-electron chi connectivity index (χ4n) is 1.21. The summed E-state index contributed by atoms with van der Waals surface area (Å²) in [4.78, 5) is 0. The standard InChI is InChI=1S/C10H24N4O7P2S2/c1-3-17-22(15,19-5-7-24-9(11)12)21-23(16,18-4-2)20-6-8-25-10(13)14/h3-8H2,1-2H3,(H3,11,12)(H3,13,14). The Morgan fingerprint density at radius 3 is 1.48 bits per heavy atom. The molecule has 0 radical (unpaired) electrons. The Hall–Kier alpha value is -0.100. The maximum Gasteiger partial charge on any atom is 0.483 e. The molecule has 148 valence electrons. The molecule has 0 aliphatic carbocycles. The van der Waals surface area contributed by atoms with E-state index < -0.39 is 15.6 Å². The van der Waals surface area contributed by atoms with Crippen molar-refractivity contribution in [2.45, 2.75) is 13.8 Å². The highest BCUT2D eigenvalue weighted by atomic mass is 32.2. The third kappa shape index (κ3) is 12.8. The molecule has 0 fully saturated rings. The van der Waals surface area contributed by atoms with E-state index in [2.05, 4.69) is 0 Å². The Balaban J connectivity index is 4.78. The first-order chi connectivity index (χ1) is 11.7. The second-order valence-corrected chi connectivity index (χ2v) is 9.65. The number of hydrogen-bond acceptors (Lipinski definition) is 11. The first kappa shape index (κ1) is 24.9. The fraction of sp³-hybridized carbons (Fsp3) is 0.800. The Morgan fingerprint density at radius 2 is 1.20 bits per heavy atom. The molecule has 6 N–H and O–H groups in total. The van der Waals surface area contributed by atoms with Gasteiger partial charge < -0.3 is 11.5 Å². The topological polar surface area (TPSA) is 180 Å². The number of rotatable bonds is 14. The Bertz CT molecular complexity index is 481. The summed E-state index contributed by atoms with van der Waals surface area (Å²) in [5.74, 6) is 0.454. The molecule has 0 bridgehead atoms. The molecule has 0 amide bonds. The van der Waals surface area contributed by atoms with Crippen LogP contribution in [0.2, 0.25) is 0 Å². The van der Waals surface area contributed by atoms with Crippen molar-refractivity contribution in [2.75, 3.05) is 37.9 Å². The normalized spacial score (nSPS) is 16.1. The van der Waals surface area contributed by atoms with Crippen LogP contribution in [0.1, 0.15) is 13.8 Å². The van der Waals surface area contributed by atoms with Crippen LogP contribution in [0.5, 0.6) is 0 Å². The van der Waals surface area contributed by atoms with E-state index in [0.29, 0.717) is 0 Å². The number of phosphoric ester groups is 2. The minimum Gasteiger partial charge on any atom is -0.379 e. The lowest BCUT2D eigenvalue weighted by atomic mass is 10.9. The van der Waals surface area contributed by atoms with E-state index in [0.717, 1.165) is 23.5 Å². The van der Waals surface area contributed by atoms with Gasteiger partial charge in [0.05, 0.1) is 26.4 Å². The molecule has 0 spiro atoms. The van der Waals surface area contributed by atoms with E-state index in [9.17, 15) is 9.13 Å². The number of phosphoric acid groups is 2. The summed E-state index contributed by atoms with van der Waals surface area (Å²) in [6.07, 6.45) is 0. The summed E-state index contributed by atoms with van der Waals surface area (Å²) in [5, 5.41) is 13.9. The summed E-state index contributed by atoms with van der Waals surface area (Å²) >= 11 is 1.95. The van der Waals surface area contributed by atoms with Crippen LogP contribution in [-0.2, 0) is 31.5 Å². The van der Waals surface area contributed by atoms with Crippen LogP contribution >= 0.6 is 39.2 Å². The monoisotopic (exact) mass is 438 g/mol. The van der Waals surface area contributed by atoms with E-state index in [1.165, 1.54) is 0 Å². The van der Waals surface area contributed by atoms with Gasteiger partial charge in [0.1, 0.15) is 0 Å². The van der Waals surface area contributed by atoms with Crippen molar-refractivity contribution in [3.63, 3.8) is 0 Å². The van der Waals surface area contributed by atoms with Crippen molar-refractivity contribution >= 4 is 49.5 Å². The van der Waals surface area contributed by atoms with Gasteiger partial charge in [-0.2, -0.15) is 4.31 Å². The van der Waals surface area contributed by atoms with Gasteiger partial charge in [-0.1, -0.05) is 23.5 Å². The lowest BCUT2D eigenvalue weighted by molar-refractivity contribution is 0.120. The van der Waals surface area contributed by atoms with Gasteiger partial charge in [0, 0.05) is 11.5 Å². The third-order valence-corrected chi connectivity index (χ3v) is 7.07. The van der Waals surface area contributed by atoms with Crippen molar-refractivity contribution < 1.29 is 31.5 Å². The molecule has 25 heavy (non-hydrogen) atoms. The van der Waals surface area contributed by atoms with Crippen molar-refractivity contribution in [3.05, 3.63) is 0 Å². The Labute approximate surface area is 155 Å². The van der Waals surface area contributed by atoms with Crippen LogP contribution in [0.15, 0.2) is 0 Å². The second-order valence-electron chi connectivity index (χ2n) is 3.90. The summed E-state index contributed by atoms with van der Waals surface area (Å²) in [7, 11) is -8.42. The Kier molecular flexibility index (Phi) is 13.1. The lowest BCUT2D eigenvalue weighted by Crippen LogP contribution is -2.10. The molecule has 0 aliphatic rings. The minimum atomic E-state index is -4.21. The molecule has 0 saturated heterocycles. The number of thioether (sulfide) groups is 2. The Morgan fingerprint density at radius 1 is 0.840 bits per heavy atom. The van der Waals surface area contributed by atoms with Crippen LogP contribution in [0.25, 0.3) is 0 Å². The molecule has 0 rings (SSSR count). The van der Waals surface area contributed by atoms with Gasteiger partial charge >= 0.3 is 15.6 Å². The maximum atomic E-state index is 12.5. The summed E-state index contributed by atoms with van der Waals surface area (Å²) in [5.41, 5.74) is 10.4.